The SMILES string of the molecule is CNC(=O)C(Cc1ccc(O)cc1)NC(=O)C1CCCN1C(C)=O. The Morgan fingerprint density at radius 1 is 1.29 bits per heavy atom. The van der Waals surface area contributed by atoms with Gasteiger partial charge in [0, 0.05) is 26.9 Å². The van der Waals surface area contributed by atoms with Gasteiger partial charge in [0.1, 0.15) is 17.8 Å². The van der Waals surface area contributed by atoms with E-state index in [1.165, 1.54) is 31.0 Å². The van der Waals surface area contributed by atoms with Gasteiger partial charge >= 0.3 is 0 Å². The molecule has 1 aliphatic rings. The van der Waals surface area contributed by atoms with Crippen molar-refractivity contribution in [3.63, 3.8) is 0 Å². The van der Waals surface area contributed by atoms with Crippen LogP contribution < -0.4 is 10.6 Å². The molecule has 0 saturated carbocycles. The van der Waals surface area contributed by atoms with Crippen LogP contribution in [0.2, 0.25) is 0 Å². The lowest BCUT2D eigenvalue weighted by Gasteiger charge is -2.25. The highest BCUT2D eigenvalue weighted by Gasteiger charge is 2.34. The van der Waals surface area contributed by atoms with Crippen LogP contribution in [0.25, 0.3) is 0 Å². The topological polar surface area (TPSA) is 98.7 Å². The van der Waals surface area contributed by atoms with Gasteiger partial charge in [-0.3, -0.25) is 14.4 Å². The Morgan fingerprint density at radius 2 is 1.96 bits per heavy atom. The Hall–Kier alpha value is -2.57. The largest absolute Gasteiger partial charge is 0.508 e. The van der Waals surface area contributed by atoms with E-state index < -0.39 is 12.1 Å². The van der Waals surface area contributed by atoms with Crippen LogP contribution in [0.4, 0.5) is 0 Å². The predicted molar refractivity (Wildman–Crippen MR) is 88.2 cm³/mol. The molecular formula is C17H23N3O4. The van der Waals surface area contributed by atoms with Gasteiger partial charge in [0.2, 0.25) is 17.7 Å². The number of phenols is 1. The number of phenolic OH excluding ortho intramolecular Hbond substituents is 1. The van der Waals surface area contributed by atoms with Crippen molar-refractivity contribution in [1.82, 2.24) is 15.5 Å². The molecule has 0 aromatic heterocycles. The maximum Gasteiger partial charge on any atom is 0.243 e. The van der Waals surface area contributed by atoms with Gasteiger partial charge < -0.3 is 20.6 Å². The van der Waals surface area contributed by atoms with Gasteiger partial charge in [-0.15, -0.1) is 0 Å². The third-order valence-corrected chi connectivity index (χ3v) is 4.22. The number of likely N-dealkylation sites (tertiary alicyclic amines) is 1. The van der Waals surface area contributed by atoms with Gasteiger partial charge in [0.15, 0.2) is 0 Å². The van der Waals surface area contributed by atoms with Crippen molar-refractivity contribution < 1.29 is 19.5 Å². The second-order valence-electron chi connectivity index (χ2n) is 5.92. The maximum absolute atomic E-state index is 12.5. The van der Waals surface area contributed by atoms with Crippen LogP contribution in [0.15, 0.2) is 24.3 Å². The lowest BCUT2D eigenvalue weighted by atomic mass is 10.0. The highest BCUT2D eigenvalue weighted by Crippen LogP contribution is 2.18. The van der Waals surface area contributed by atoms with Crippen LogP contribution in [-0.4, -0.2) is 53.4 Å². The van der Waals surface area contributed by atoms with E-state index in [1.54, 1.807) is 12.1 Å². The average Bonchev–Trinajstić information content (AvgIpc) is 3.05. The number of amides is 3. The molecule has 1 fully saturated rings. The first-order valence-corrected chi connectivity index (χ1v) is 7.99. The second-order valence-corrected chi connectivity index (χ2v) is 5.92. The predicted octanol–water partition coefficient (Wildman–Crippen LogP) is 0.176. The van der Waals surface area contributed by atoms with Crippen molar-refractivity contribution in [3.05, 3.63) is 29.8 Å². The minimum Gasteiger partial charge on any atom is -0.508 e. The Kier molecular flexibility index (Phi) is 5.78. The van der Waals surface area contributed by atoms with Crippen LogP contribution in [0.3, 0.4) is 0 Å². The number of hydrogen-bond acceptors (Lipinski definition) is 4. The van der Waals surface area contributed by atoms with Gasteiger partial charge in [0.05, 0.1) is 0 Å². The summed E-state index contributed by atoms with van der Waals surface area (Å²) in [6.45, 7) is 2.01. The highest BCUT2D eigenvalue weighted by atomic mass is 16.3. The van der Waals surface area contributed by atoms with Gasteiger partial charge in [0.25, 0.3) is 0 Å². The summed E-state index contributed by atoms with van der Waals surface area (Å²) in [5.74, 6) is -0.608. The molecule has 1 heterocycles. The summed E-state index contributed by atoms with van der Waals surface area (Å²) >= 11 is 0. The third kappa shape index (κ3) is 4.24. The molecule has 1 aromatic rings. The molecule has 1 saturated heterocycles. The van der Waals surface area contributed by atoms with Crippen LogP contribution in [0.1, 0.15) is 25.3 Å². The molecule has 0 bridgehead atoms. The number of carbonyl (C=O) groups excluding carboxylic acids is 3. The fourth-order valence-electron chi connectivity index (χ4n) is 2.94. The molecule has 0 aliphatic carbocycles. The van der Waals surface area contributed by atoms with E-state index in [-0.39, 0.29) is 23.5 Å². The summed E-state index contributed by atoms with van der Waals surface area (Å²) in [6.07, 6.45) is 1.68. The van der Waals surface area contributed by atoms with Gasteiger partial charge in [-0.25, -0.2) is 0 Å². The van der Waals surface area contributed by atoms with Gasteiger partial charge in [-0.1, -0.05) is 12.1 Å². The average molecular weight is 333 g/mol. The summed E-state index contributed by atoms with van der Waals surface area (Å²) < 4.78 is 0. The zero-order valence-electron chi connectivity index (χ0n) is 13.9. The molecule has 3 N–H and O–H groups in total. The van der Waals surface area contributed by atoms with Crippen LogP contribution in [0, 0.1) is 0 Å². The van der Waals surface area contributed by atoms with E-state index in [9.17, 15) is 19.5 Å². The number of aromatic hydroxyl groups is 1. The van der Waals surface area contributed by atoms with Crippen LogP contribution in [-0.2, 0) is 20.8 Å². The van der Waals surface area contributed by atoms with E-state index >= 15 is 0 Å². The normalized spacial score (nSPS) is 18.1. The van der Waals surface area contributed by atoms with Crippen LogP contribution in [0.5, 0.6) is 5.75 Å². The summed E-state index contributed by atoms with van der Waals surface area (Å²) in [4.78, 5) is 37.7. The highest BCUT2D eigenvalue weighted by molar-refractivity contribution is 5.92. The Bertz CT molecular complexity index is 615. The molecular weight excluding hydrogens is 310 g/mol. The molecule has 2 atom stereocenters. The number of rotatable bonds is 5. The smallest absolute Gasteiger partial charge is 0.243 e. The molecule has 7 nitrogen and oxygen atoms in total. The molecule has 130 valence electrons. The number of nitrogens with zero attached hydrogens (tertiary/aromatic N) is 1. The Morgan fingerprint density at radius 3 is 2.54 bits per heavy atom. The molecule has 1 aromatic carbocycles. The molecule has 3 amide bonds. The van der Waals surface area contributed by atoms with Crippen molar-refractivity contribution in [2.45, 2.75) is 38.3 Å². The number of likely N-dealkylation sites (N-methyl/N-ethyl adjacent to an activating group) is 1. The maximum atomic E-state index is 12.5. The number of hydrogen-bond donors (Lipinski definition) is 3. The Balaban J connectivity index is 2.08. The van der Waals surface area contributed by atoms with E-state index in [1.807, 2.05) is 0 Å². The molecule has 2 rings (SSSR count). The van der Waals surface area contributed by atoms with Crippen molar-refractivity contribution in [2.75, 3.05) is 13.6 Å². The van der Waals surface area contributed by atoms with Crippen molar-refractivity contribution >= 4 is 17.7 Å². The zero-order chi connectivity index (χ0) is 17.7. The summed E-state index contributed by atoms with van der Waals surface area (Å²) in [5, 5.41) is 14.6. The van der Waals surface area contributed by atoms with E-state index in [0.29, 0.717) is 19.4 Å². The van der Waals surface area contributed by atoms with Crippen molar-refractivity contribution in [1.29, 1.82) is 0 Å². The fraction of sp³-hybridized carbons (Fsp3) is 0.471. The van der Waals surface area contributed by atoms with E-state index in [2.05, 4.69) is 10.6 Å². The summed E-state index contributed by atoms with van der Waals surface area (Å²) in [6, 6.07) is 5.22. The number of carbonyl (C=O) groups is 3. The lowest BCUT2D eigenvalue weighted by Crippen LogP contribution is -2.53. The molecule has 7 heteroatoms. The van der Waals surface area contributed by atoms with E-state index in [4.69, 9.17) is 0 Å². The summed E-state index contributed by atoms with van der Waals surface area (Å²) in [7, 11) is 1.51. The molecule has 2 unspecified atom stereocenters. The first kappa shape index (κ1) is 17.8. The quantitative estimate of drug-likeness (QED) is 0.716. The molecule has 0 spiro atoms. The van der Waals surface area contributed by atoms with Crippen molar-refractivity contribution in [3.8, 4) is 5.75 Å². The van der Waals surface area contributed by atoms with Gasteiger partial charge in [-0.05, 0) is 30.5 Å². The molecule has 24 heavy (non-hydrogen) atoms. The van der Waals surface area contributed by atoms with Crippen molar-refractivity contribution in [2.24, 2.45) is 0 Å². The molecule has 1 aliphatic heterocycles. The standard InChI is InChI=1S/C17H23N3O4/c1-11(21)20-9-3-4-15(20)17(24)19-14(16(23)18-2)10-12-5-7-13(22)8-6-12/h5-8,14-15,22H,3-4,9-10H2,1-2H3,(H,18,23)(H,19,24). The van der Waals surface area contributed by atoms with Gasteiger partial charge in [-0.2, -0.15) is 0 Å². The fourth-order valence-corrected chi connectivity index (χ4v) is 2.94. The number of benzene rings is 1. The monoisotopic (exact) mass is 333 g/mol. The minimum atomic E-state index is -0.735. The number of nitrogens with one attached hydrogen (secondary N) is 2. The lowest BCUT2D eigenvalue weighted by molar-refractivity contribution is -0.138. The first-order chi connectivity index (χ1) is 11.4. The Labute approximate surface area is 141 Å². The summed E-state index contributed by atoms with van der Waals surface area (Å²) in [5.41, 5.74) is 0.816. The minimum absolute atomic E-state index is 0.136. The second kappa shape index (κ2) is 7.81. The third-order valence-electron chi connectivity index (χ3n) is 4.22. The van der Waals surface area contributed by atoms with E-state index in [0.717, 1.165) is 12.0 Å². The zero-order valence-corrected chi connectivity index (χ0v) is 13.9. The molecule has 0 radical (unpaired) electrons. The first-order valence-electron chi connectivity index (χ1n) is 7.99. The van der Waals surface area contributed by atoms with Crippen LogP contribution >= 0.6 is 0 Å².